The van der Waals surface area contributed by atoms with Gasteiger partial charge in [0.15, 0.2) is 18.1 Å². The second kappa shape index (κ2) is 6.47. The van der Waals surface area contributed by atoms with Crippen LogP contribution in [0.25, 0.3) is 0 Å². The lowest BCUT2D eigenvalue weighted by atomic mass is 10.1. The molecule has 110 valence electrons. The minimum atomic E-state index is -0.395. The minimum Gasteiger partial charge on any atom is -0.481 e. The van der Waals surface area contributed by atoms with Crippen molar-refractivity contribution in [3.63, 3.8) is 0 Å². The van der Waals surface area contributed by atoms with E-state index in [1.165, 1.54) is 0 Å². The Balaban J connectivity index is 2.07. The van der Waals surface area contributed by atoms with Crippen LogP contribution in [0, 0.1) is 0 Å². The van der Waals surface area contributed by atoms with Crippen molar-refractivity contribution in [2.45, 2.75) is 26.5 Å². The number of nitrogens with one attached hydrogen (secondary N) is 1. The molecule has 1 N–H and O–H groups in total. The lowest BCUT2D eigenvalue weighted by Gasteiger charge is -2.13. The van der Waals surface area contributed by atoms with Crippen molar-refractivity contribution in [2.24, 2.45) is 0 Å². The molecule has 0 aliphatic carbocycles. The van der Waals surface area contributed by atoms with Gasteiger partial charge in [0.1, 0.15) is 5.75 Å². The van der Waals surface area contributed by atoms with Gasteiger partial charge >= 0.3 is 5.97 Å². The molecule has 1 heterocycles. The highest BCUT2D eigenvalue weighted by molar-refractivity contribution is 5.71. The van der Waals surface area contributed by atoms with Gasteiger partial charge in [0.2, 0.25) is 6.79 Å². The number of esters is 1. The maximum atomic E-state index is 11.5. The van der Waals surface area contributed by atoms with E-state index in [2.05, 4.69) is 5.32 Å². The molecule has 6 heteroatoms. The summed E-state index contributed by atoms with van der Waals surface area (Å²) in [6, 6.07) is 3.58. The van der Waals surface area contributed by atoms with Crippen molar-refractivity contribution in [3.8, 4) is 17.2 Å². The molecule has 0 bridgehead atoms. The molecule has 0 fully saturated rings. The molecule has 20 heavy (non-hydrogen) atoms. The van der Waals surface area contributed by atoms with Crippen LogP contribution in [0.2, 0.25) is 0 Å². The van der Waals surface area contributed by atoms with E-state index in [4.69, 9.17) is 18.9 Å². The molecule has 0 saturated heterocycles. The highest BCUT2D eigenvalue weighted by Crippen LogP contribution is 2.38. The van der Waals surface area contributed by atoms with Gasteiger partial charge in [-0.2, -0.15) is 0 Å². The van der Waals surface area contributed by atoms with Gasteiger partial charge in [-0.05, 0) is 27.0 Å². The number of hydrogen-bond donors (Lipinski definition) is 1. The van der Waals surface area contributed by atoms with Crippen molar-refractivity contribution in [3.05, 3.63) is 17.7 Å². The van der Waals surface area contributed by atoms with Crippen LogP contribution in [0.4, 0.5) is 0 Å². The van der Waals surface area contributed by atoms with Gasteiger partial charge in [-0.15, -0.1) is 0 Å². The van der Waals surface area contributed by atoms with Crippen molar-refractivity contribution in [1.82, 2.24) is 5.32 Å². The summed E-state index contributed by atoms with van der Waals surface area (Å²) in [5, 5.41) is 3.04. The number of carbonyl (C=O) groups excluding carboxylic acids is 1. The molecular formula is C14H19NO5. The van der Waals surface area contributed by atoms with E-state index >= 15 is 0 Å². The molecule has 0 atom stereocenters. The third-order valence-corrected chi connectivity index (χ3v) is 2.64. The van der Waals surface area contributed by atoms with Gasteiger partial charge in [0.05, 0.1) is 6.10 Å². The Hall–Kier alpha value is -1.95. The maximum absolute atomic E-state index is 11.5. The molecule has 0 spiro atoms. The number of benzene rings is 1. The predicted octanol–water partition coefficient (Wildman–Crippen LogP) is 1.47. The maximum Gasteiger partial charge on any atom is 0.344 e. The van der Waals surface area contributed by atoms with Crippen LogP contribution in [-0.2, 0) is 16.1 Å². The van der Waals surface area contributed by atoms with E-state index in [1.807, 2.05) is 13.1 Å². The average molecular weight is 281 g/mol. The van der Waals surface area contributed by atoms with Gasteiger partial charge in [0, 0.05) is 18.2 Å². The predicted molar refractivity (Wildman–Crippen MR) is 72.1 cm³/mol. The van der Waals surface area contributed by atoms with Gasteiger partial charge in [-0.25, -0.2) is 4.79 Å². The highest BCUT2D eigenvalue weighted by atomic mass is 16.7. The van der Waals surface area contributed by atoms with Crippen LogP contribution >= 0.6 is 0 Å². The molecule has 6 nitrogen and oxygen atoms in total. The zero-order valence-corrected chi connectivity index (χ0v) is 11.9. The third kappa shape index (κ3) is 3.54. The van der Waals surface area contributed by atoms with Crippen LogP contribution in [0.15, 0.2) is 12.1 Å². The molecule has 0 unspecified atom stereocenters. The summed E-state index contributed by atoms with van der Waals surface area (Å²) in [4.78, 5) is 11.5. The number of fused-ring (bicyclic) bond motifs is 1. The van der Waals surface area contributed by atoms with E-state index < -0.39 is 5.97 Å². The Bertz CT molecular complexity index is 487. The van der Waals surface area contributed by atoms with Crippen molar-refractivity contribution in [1.29, 1.82) is 0 Å². The minimum absolute atomic E-state index is 0.130. The molecule has 2 rings (SSSR count). The van der Waals surface area contributed by atoms with Crippen molar-refractivity contribution >= 4 is 5.97 Å². The van der Waals surface area contributed by atoms with Gasteiger partial charge in [0.25, 0.3) is 0 Å². The fraction of sp³-hybridized carbons (Fsp3) is 0.500. The Labute approximate surface area is 118 Å². The monoisotopic (exact) mass is 281 g/mol. The smallest absolute Gasteiger partial charge is 0.344 e. The van der Waals surface area contributed by atoms with Crippen LogP contribution in [-0.4, -0.2) is 32.5 Å². The lowest BCUT2D eigenvalue weighted by Crippen LogP contribution is -2.19. The lowest BCUT2D eigenvalue weighted by molar-refractivity contribution is -0.149. The molecule has 1 aliphatic rings. The second-order valence-electron chi connectivity index (χ2n) is 4.67. The van der Waals surface area contributed by atoms with Crippen LogP contribution < -0.4 is 19.5 Å². The van der Waals surface area contributed by atoms with E-state index in [-0.39, 0.29) is 19.5 Å². The summed E-state index contributed by atoms with van der Waals surface area (Å²) in [5.41, 5.74) is 0.897. The molecule has 0 radical (unpaired) electrons. The topological polar surface area (TPSA) is 66.0 Å². The summed E-state index contributed by atoms with van der Waals surface area (Å²) >= 11 is 0. The molecule has 0 amide bonds. The van der Waals surface area contributed by atoms with Crippen molar-refractivity contribution < 1.29 is 23.7 Å². The SMILES string of the molecule is CNCc1cc2c(cc1OCC(=O)OC(C)C)OCO2. The normalized spacial score (nSPS) is 12.6. The summed E-state index contributed by atoms with van der Waals surface area (Å²) in [6.45, 7) is 4.27. The summed E-state index contributed by atoms with van der Waals surface area (Å²) in [7, 11) is 1.83. The summed E-state index contributed by atoms with van der Waals surface area (Å²) < 4.78 is 21.2. The number of ether oxygens (including phenoxy) is 4. The fourth-order valence-electron chi connectivity index (χ4n) is 1.86. The standard InChI is InChI=1S/C14H19NO5/c1-9(2)20-14(16)7-17-11-5-13-12(18-8-19-13)4-10(11)6-15-3/h4-5,9,15H,6-8H2,1-3H3. The Kier molecular flexibility index (Phi) is 4.68. The zero-order chi connectivity index (χ0) is 14.5. The Morgan fingerprint density at radius 2 is 2.05 bits per heavy atom. The summed E-state index contributed by atoms with van der Waals surface area (Å²) in [6.07, 6.45) is -0.153. The van der Waals surface area contributed by atoms with Gasteiger partial charge in [-0.1, -0.05) is 0 Å². The first-order valence-electron chi connectivity index (χ1n) is 6.49. The average Bonchev–Trinajstić information content (AvgIpc) is 2.82. The van der Waals surface area contributed by atoms with Crippen LogP contribution in [0.5, 0.6) is 17.2 Å². The van der Waals surface area contributed by atoms with E-state index in [0.29, 0.717) is 23.8 Å². The first-order chi connectivity index (χ1) is 9.60. The largest absolute Gasteiger partial charge is 0.481 e. The molecule has 1 aromatic rings. The van der Waals surface area contributed by atoms with E-state index in [1.54, 1.807) is 19.9 Å². The van der Waals surface area contributed by atoms with E-state index in [9.17, 15) is 4.79 Å². The van der Waals surface area contributed by atoms with Gasteiger partial charge in [-0.3, -0.25) is 0 Å². The molecule has 0 aromatic heterocycles. The molecular weight excluding hydrogens is 262 g/mol. The first-order valence-corrected chi connectivity index (χ1v) is 6.49. The molecule has 0 saturated carbocycles. The van der Waals surface area contributed by atoms with Crippen LogP contribution in [0.3, 0.4) is 0 Å². The van der Waals surface area contributed by atoms with Crippen LogP contribution in [0.1, 0.15) is 19.4 Å². The second-order valence-corrected chi connectivity index (χ2v) is 4.67. The highest BCUT2D eigenvalue weighted by Gasteiger charge is 2.18. The number of rotatable bonds is 6. The number of carbonyl (C=O) groups is 1. The first kappa shape index (κ1) is 14.5. The van der Waals surface area contributed by atoms with Gasteiger partial charge < -0.3 is 24.3 Å². The number of hydrogen-bond acceptors (Lipinski definition) is 6. The van der Waals surface area contributed by atoms with Crippen molar-refractivity contribution in [2.75, 3.05) is 20.4 Å². The summed E-state index contributed by atoms with van der Waals surface area (Å²) in [5.74, 6) is 1.50. The zero-order valence-electron chi connectivity index (χ0n) is 11.9. The third-order valence-electron chi connectivity index (χ3n) is 2.64. The molecule has 1 aliphatic heterocycles. The van der Waals surface area contributed by atoms with E-state index in [0.717, 1.165) is 5.56 Å². The Morgan fingerprint density at radius 1 is 1.35 bits per heavy atom. The fourth-order valence-corrected chi connectivity index (χ4v) is 1.86. The Morgan fingerprint density at radius 3 is 2.70 bits per heavy atom. The quantitative estimate of drug-likeness (QED) is 0.796. The molecule has 1 aromatic carbocycles.